The van der Waals surface area contributed by atoms with Crippen molar-refractivity contribution in [2.75, 3.05) is 23.3 Å². The molecule has 184 valence electrons. The molecule has 0 bridgehead atoms. The first kappa shape index (κ1) is 23.3. The van der Waals surface area contributed by atoms with Crippen molar-refractivity contribution in [1.29, 1.82) is 0 Å². The number of hydrogen-bond acceptors (Lipinski definition) is 7. The van der Waals surface area contributed by atoms with Gasteiger partial charge in [0.2, 0.25) is 5.95 Å². The summed E-state index contributed by atoms with van der Waals surface area (Å²) in [6, 6.07) is 13.7. The number of aromatic nitrogens is 5. The zero-order chi connectivity index (χ0) is 24.9. The Morgan fingerprint density at radius 2 is 2.03 bits per heavy atom. The Morgan fingerprint density at radius 3 is 2.78 bits per heavy atom. The fourth-order valence-electron chi connectivity index (χ4n) is 4.44. The Balaban J connectivity index is 1.33. The van der Waals surface area contributed by atoms with Crippen LogP contribution in [0.4, 0.5) is 22.1 Å². The highest BCUT2D eigenvalue weighted by molar-refractivity contribution is 5.78. The minimum Gasteiger partial charge on any atom is -0.465 e. The molecule has 1 atom stereocenters. The lowest BCUT2D eigenvalue weighted by Crippen LogP contribution is -2.47. The lowest BCUT2D eigenvalue weighted by molar-refractivity contribution is 0.188. The van der Waals surface area contributed by atoms with E-state index in [1.54, 1.807) is 18.6 Å². The molecule has 0 unspecified atom stereocenters. The molecule has 10 nitrogen and oxygen atoms in total. The van der Waals surface area contributed by atoms with Gasteiger partial charge in [-0.1, -0.05) is 0 Å². The van der Waals surface area contributed by atoms with E-state index in [-0.39, 0.29) is 6.04 Å². The number of aryl methyl sites for hydroxylation is 1. The number of nitrogens with one attached hydrogen (secondary N) is 2. The number of anilines is 3. The molecule has 3 N–H and O–H groups in total. The zero-order valence-corrected chi connectivity index (χ0v) is 20.0. The van der Waals surface area contributed by atoms with Gasteiger partial charge in [-0.2, -0.15) is 5.10 Å². The third kappa shape index (κ3) is 5.27. The summed E-state index contributed by atoms with van der Waals surface area (Å²) in [6.07, 6.45) is 8.10. The van der Waals surface area contributed by atoms with E-state index >= 15 is 0 Å². The fourth-order valence-corrected chi connectivity index (χ4v) is 4.44. The third-order valence-electron chi connectivity index (χ3n) is 6.19. The number of amides is 1. The number of nitrogens with zero attached hydrogens (tertiary/aromatic N) is 6. The maximum Gasteiger partial charge on any atom is 0.404 e. The third-order valence-corrected chi connectivity index (χ3v) is 6.19. The molecule has 3 aromatic heterocycles. The highest BCUT2D eigenvalue weighted by Gasteiger charge is 2.21. The van der Waals surface area contributed by atoms with Crippen molar-refractivity contribution in [1.82, 2.24) is 30.0 Å². The van der Waals surface area contributed by atoms with Gasteiger partial charge in [-0.25, -0.2) is 14.8 Å². The second-order valence-electron chi connectivity index (χ2n) is 8.66. The van der Waals surface area contributed by atoms with Crippen LogP contribution in [-0.2, 0) is 6.54 Å². The summed E-state index contributed by atoms with van der Waals surface area (Å²) in [4.78, 5) is 26.6. The summed E-state index contributed by atoms with van der Waals surface area (Å²) in [5, 5.41) is 19.6. The van der Waals surface area contributed by atoms with E-state index in [2.05, 4.69) is 25.5 Å². The standard InChI is InChI=1S/C26H28N8O2/c1-2-34-17-22(24(32-34)18-5-3-12-27-15-18)23-11-13-28-25(31-23)29-19-7-9-21(10-8-19)33-14-4-6-20(16-33)30-26(35)36/h3,5,7-13,15,17,20,30H,2,4,6,14,16H2,1H3,(H,35,36)(H,28,29,31)/t20-/m1/s1. The van der Waals surface area contributed by atoms with Crippen LogP contribution >= 0.6 is 0 Å². The topological polar surface area (TPSA) is 121 Å². The molecule has 1 fully saturated rings. The van der Waals surface area contributed by atoms with Gasteiger partial charge < -0.3 is 20.6 Å². The van der Waals surface area contributed by atoms with E-state index in [1.165, 1.54) is 0 Å². The summed E-state index contributed by atoms with van der Waals surface area (Å²) in [5.74, 6) is 0.491. The molecule has 36 heavy (non-hydrogen) atoms. The molecule has 1 aromatic carbocycles. The van der Waals surface area contributed by atoms with Crippen molar-refractivity contribution < 1.29 is 9.90 Å². The normalized spacial score (nSPS) is 15.5. The van der Waals surface area contributed by atoms with Gasteiger partial charge in [0, 0.05) is 73.0 Å². The molecular formula is C26H28N8O2. The number of hydrogen-bond donors (Lipinski definition) is 3. The first-order valence-corrected chi connectivity index (χ1v) is 12.0. The van der Waals surface area contributed by atoms with Crippen LogP contribution in [0.25, 0.3) is 22.5 Å². The Hall–Kier alpha value is -4.47. The largest absolute Gasteiger partial charge is 0.465 e. The first-order chi connectivity index (χ1) is 17.6. The Kier molecular flexibility index (Phi) is 6.74. The van der Waals surface area contributed by atoms with E-state index in [1.807, 2.05) is 60.3 Å². The van der Waals surface area contributed by atoms with Crippen LogP contribution in [-0.4, -0.2) is 55.1 Å². The van der Waals surface area contributed by atoms with E-state index < -0.39 is 6.09 Å². The van der Waals surface area contributed by atoms with Crippen molar-refractivity contribution in [2.24, 2.45) is 0 Å². The number of carbonyl (C=O) groups is 1. The van der Waals surface area contributed by atoms with E-state index in [0.717, 1.165) is 59.8 Å². The zero-order valence-electron chi connectivity index (χ0n) is 20.0. The maximum absolute atomic E-state index is 11.0. The summed E-state index contributed by atoms with van der Waals surface area (Å²) in [7, 11) is 0. The molecule has 1 amide bonds. The molecule has 0 radical (unpaired) electrons. The molecule has 1 saturated heterocycles. The number of pyridine rings is 1. The molecule has 0 saturated carbocycles. The van der Waals surface area contributed by atoms with Crippen LogP contribution in [0.5, 0.6) is 0 Å². The van der Waals surface area contributed by atoms with Gasteiger partial charge in [0.15, 0.2) is 0 Å². The molecule has 1 aliphatic heterocycles. The average molecular weight is 485 g/mol. The molecule has 0 spiro atoms. The number of rotatable bonds is 7. The highest BCUT2D eigenvalue weighted by Crippen LogP contribution is 2.30. The van der Waals surface area contributed by atoms with Gasteiger partial charge in [0.1, 0.15) is 5.69 Å². The highest BCUT2D eigenvalue weighted by atomic mass is 16.4. The SMILES string of the molecule is CCn1cc(-c2ccnc(Nc3ccc(N4CCC[C@@H](NC(=O)O)C4)cc3)n2)c(-c2cccnc2)n1. The van der Waals surface area contributed by atoms with Crippen LogP contribution in [0.3, 0.4) is 0 Å². The lowest BCUT2D eigenvalue weighted by atomic mass is 10.1. The summed E-state index contributed by atoms with van der Waals surface area (Å²) >= 11 is 0. The van der Waals surface area contributed by atoms with Gasteiger partial charge in [0.05, 0.1) is 5.69 Å². The van der Waals surface area contributed by atoms with Crippen molar-refractivity contribution in [3.63, 3.8) is 0 Å². The summed E-state index contributed by atoms with van der Waals surface area (Å²) < 4.78 is 1.89. The van der Waals surface area contributed by atoms with E-state index in [9.17, 15) is 4.79 Å². The van der Waals surface area contributed by atoms with Crippen LogP contribution in [0, 0.1) is 0 Å². The minimum atomic E-state index is -0.974. The van der Waals surface area contributed by atoms with Gasteiger partial charge >= 0.3 is 6.09 Å². The van der Waals surface area contributed by atoms with Crippen molar-refractivity contribution in [3.8, 4) is 22.5 Å². The number of benzene rings is 1. The quantitative estimate of drug-likeness (QED) is 0.353. The first-order valence-electron chi connectivity index (χ1n) is 12.0. The van der Waals surface area contributed by atoms with Crippen molar-refractivity contribution in [3.05, 3.63) is 67.3 Å². The van der Waals surface area contributed by atoms with Gasteiger partial charge in [0.25, 0.3) is 0 Å². The average Bonchev–Trinajstić information content (AvgIpc) is 3.34. The molecule has 10 heteroatoms. The Labute approximate surface area is 209 Å². The second-order valence-corrected chi connectivity index (χ2v) is 8.66. The molecule has 4 aromatic rings. The van der Waals surface area contributed by atoms with Crippen LogP contribution in [0.1, 0.15) is 19.8 Å². The predicted molar refractivity (Wildman–Crippen MR) is 138 cm³/mol. The lowest BCUT2D eigenvalue weighted by Gasteiger charge is -2.34. The second kappa shape index (κ2) is 10.4. The predicted octanol–water partition coefficient (Wildman–Crippen LogP) is 4.40. The van der Waals surface area contributed by atoms with Crippen LogP contribution in [0.2, 0.25) is 0 Å². The minimum absolute atomic E-state index is 0.0567. The number of carboxylic acid groups (broad SMARTS) is 1. The Morgan fingerprint density at radius 1 is 1.17 bits per heavy atom. The number of piperidine rings is 1. The molecule has 4 heterocycles. The van der Waals surface area contributed by atoms with Gasteiger partial charge in [-0.3, -0.25) is 9.67 Å². The van der Waals surface area contributed by atoms with Crippen molar-refractivity contribution in [2.45, 2.75) is 32.4 Å². The smallest absolute Gasteiger partial charge is 0.404 e. The van der Waals surface area contributed by atoms with Crippen LogP contribution < -0.4 is 15.5 Å². The Bertz CT molecular complexity index is 1320. The summed E-state index contributed by atoms with van der Waals surface area (Å²) in [5.41, 5.74) is 5.37. The summed E-state index contributed by atoms with van der Waals surface area (Å²) in [6.45, 7) is 4.36. The molecule has 1 aliphatic rings. The molecule has 0 aliphatic carbocycles. The van der Waals surface area contributed by atoms with Gasteiger partial charge in [-0.15, -0.1) is 0 Å². The van der Waals surface area contributed by atoms with Crippen molar-refractivity contribution >= 4 is 23.4 Å². The van der Waals surface area contributed by atoms with E-state index in [4.69, 9.17) is 15.2 Å². The molecular weight excluding hydrogens is 456 g/mol. The fraction of sp³-hybridized carbons (Fsp3) is 0.269. The molecule has 5 rings (SSSR count). The monoisotopic (exact) mass is 484 g/mol. The van der Waals surface area contributed by atoms with E-state index in [0.29, 0.717) is 12.5 Å². The van der Waals surface area contributed by atoms with Crippen LogP contribution in [0.15, 0.2) is 67.3 Å². The van der Waals surface area contributed by atoms with Gasteiger partial charge in [-0.05, 0) is 62.2 Å². The maximum atomic E-state index is 11.0.